The first-order chi connectivity index (χ1) is 9.57. The predicted molar refractivity (Wildman–Crippen MR) is 76.2 cm³/mol. The molecule has 0 amide bonds. The van der Waals surface area contributed by atoms with Gasteiger partial charge in [0.15, 0.2) is 0 Å². The third-order valence-corrected chi connectivity index (χ3v) is 5.29. The second-order valence-corrected chi connectivity index (χ2v) is 6.88. The molecule has 1 N–H and O–H groups in total. The molecule has 1 fully saturated rings. The molecule has 2 rings (SSSR count). The number of aliphatic hydroxyl groups excluding tert-OH is 1. The Labute approximate surface area is 120 Å². The van der Waals surface area contributed by atoms with Crippen LogP contribution in [0, 0.1) is 5.92 Å². The van der Waals surface area contributed by atoms with Crippen LogP contribution in [0.25, 0.3) is 0 Å². The summed E-state index contributed by atoms with van der Waals surface area (Å²) in [6.45, 7) is 3.10. The number of hydrogen-bond donors (Lipinski definition) is 1. The van der Waals surface area contributed by atoms with Gasteiger partial charge in [0.2, 0.25) is 10.0 Å². The van der Waals surface area contributed by atoms with Gasteiger partial charge in [-0.1, -0.05) is 6.92 Å². The van der Waals surface area contributed by atoms with Crippen molar-refractivity contribution in [2.24, 2.45) is 5.92 Å². The van der Waals surface area contributed by atoms with Crippen molar-refractivity contribution in [1.82, 2.24) is 4.31 Å². The summed E-state index contributed by atoms with van der Waals surface area (Å²) in [5, 5.41) is 8.68. The molecule has 0 saturated heterocycles. The maximum atomic E-state index is 12.5. The van der Waals surface area contributed by atoms with E-state index < -0.39 is 10.0 Å². The molecule has 0 radical (unpaired) electrons. The number of aliphatic hydroxyl groups is 1. The van der Waals surface area contributed by atoms with Crippen molar-refractivity contribution in [3.8, 4) is 5.75 Å². The fourth-order valence-corrected chi connectivity index (χ4v) is 3.53. The van der Waals surface area contributed by atoms with E-state index in [0.29, 0.717) is 24.8 Å². The van der Waals surface area contributed by atoms with Crippen LogP contribution in [0.1, 0.15) is 19.8 Å². The highest BCUT2D eigenvalue weighted by atomic mass is 32.2. The Bertz CT molecular complexity index is 523. The van der Waals surface area contributed by atoms with E-state index in [4.69, 9.17) is 9.84 Å². The first-order valence-electron chi connectivity index (χ1n) is 6.91. The van der Waals surface area contributed by atoms with Gasteiger partial charge in [-0.25, -0.2) is 8.42 Å². The number of ether oxygens (including phenoxy) is 1. The van der Waals surface area contributed by atoms with E-state index in [1.807, 2.05) is 6.92 Å². The largest absolute Gasteiger partial charge is 0.491 e. The highest BCUT2D eigenvalue weighted by Crippen LogP contribution is 2.31. The second-order valence-electron chi connectivity index (χ2n) is 4.94. The van der Waals surface area contributed by atoms with Gasteiger partial charge < -0.3 is 9.84 Å². The standard InChI is InChI=1S/C14H21NO4S/c1-2-15(11-12-3-4-12)20(17,18)14-7-5-13(6-8-14)19-10-9-16/h5-8,12,16H,2-4,9-11H2,1H3. The Balaban J connectivity index is 2.10. The van der Waals surface area contributed by atoms with Crippen LogP contribution in [0.15, 0.2) is 29.2 Å². The van der Waals surface area contributed by atoms with Gasteiger partial charge in [0.05, 0.1) is 11.5 Å². The molecule has 1 aliphatic carbocycles. The van der Waals surface area contributed by atoms with Gasteiger partial charge in [-0.3, -0.25) is 0 Å². The van der Waals surface area contributed by atoms with Crippen molar-refractivity contribution in [2.45, 2.75) is 24.7 Å². The fraction of sp³-hybridized carbons (Fsp3) is 0.571. The fourth-order valence-electron chi connectivity index (χ4n) is 2.01. The van der Waals surface area contributed by atoms with E-state index >= 15 is 0 Å². The predicted octanol–water partition coefficient (Wildman–Crippen LogP) is 1.48. The summed E-state index contributed by atoms with van der Waals surface area (Å²) < 4.78 is 31.8. The molecule has 20 heavy (non-hydrogen) atoms. The van der Waals surface area contributed by atoms with E-state index in [9.17, 15) is 8.42 Å². The van der Waals surface area contributed by atoms with E-state index in [0.717, 1.165) is 12.8 Å². The summed E-state index contributed by atoms with van der Waals surface area (Å²) in [6.07, 6.45) is 2.25. The molecule has 1 aliphatic rings. The zero-order valence-electron chi connectivity index (χ0n) is 11.7. The quantitative estimate of drug-likeness (QED) is 0.789. The second kappa shape index (κ2) is 6.56. The third-order valence-electron chi connectivity index (χ3n) is 3.33. The Kier molecular flexibility index (Phi) is 5.01. The third kappa shape index (κ3) is 3.71. The summed E-state index contributed by atoms with van der Waals surface area (Å²) in [5.41, 5.74) is 0. The van der Waals surface area contributed by atoms with Crippen molar-refractivity contribution in [1.29, 1.82) is 0 Å². The summed E-state index contributed by atoms with van der Waals surface area (Å²) in [7, 11) is -3.42. The first-order valence-corrected chi connectivity index (χ1v) is 8.35. The summed E-state index contributed by atoms with van der Waals surface area (Å²) in [5.74, 6) is 1.08. The normalized spacial score (nSPS) is 15.6. The van der Waals surface area contributed by atoms with Crippen LogP contribution in [0.5, 0.6) is 5.75 Å². The molecule has 1 aromatic rings. The minimum absolute atomic E-state index is 0.0644. The molecule has 112 valence electrons. The molecule has 0 aromatic heterocycles. The summed E-state index contributed by atoms with van der Waals surface area (Å²) in [4.78, 5) is 0.288. The lowest BCUT2D eigenvalue weighted by Crippen LogP contribution is -2.32. The maximum absolute atomic E-state index is 12.5. The molecule has 5 nitrogen and oxygen atoms in total. The van der Waals surface area contributed by atoms with Gasteiger partial charge >= 0.3 is 0 Å². The zero-order valence-corrected chi connectivity index (χ0v) is 12.5. The molecule has 0 heterocycles. The number of benzene rings is 1. The maximum Gasteiger partial charge on any atom is 0.243 e. The zero-order chi connectivity index (χ0) is 14.6. The van der Waals surface area contributed by atoms with Gasteiger partial charge in [-0.2, -0.15) is 4.31 Å². The van der Waals surface area contributed by atoms with Crippen molar-refractivity contribution < 1.29 is 18.3 Å². The molecule has 6 heteroatoms. The Hall–Kier alpha value is -1.11. The van der Waals surface area contributed by atoms with E-state index in [2.05, 4.69) is 0 Å². The van der Waals surface area contributed by atoms with Crippen molar-refractivity contribution in [3.63, 3.8) is 0 Å². The van der Waals surface area contributed by atoms with Gasteiger partial charge in [-0.15, -0.1) is 0 Å². The lowest BCUT2D eigenvalue weighted by Gasteiger charge is -2.20. The van der Waals surface area contributed by atoms with Crippen LogP contribution in [0.2, 0.25) is 0 Å². The molecule has 0 aliphatic heterocycles. The van der Waals surface area contributed by atoms with Crippen LogP contribution in [-0.2, 0) is 10.0 Å². The van der Waals surface area contributed by atoms with Crippen LogP contribution >= 0.6 is 0 Å². The Morgan fingerprint density at radius 1 is 1.30 bits per heavy atom. The van der Waals surface area contributed by atoms with Gasteiger partial charge in [0, 0.05) is 13.1 Å². The van der Waals surface area contributed by atoms with Gasteiger partial charge in [0.1, 0.15) is 12.4 Å². The van der Waals surface area contributed by atoms with Crippen LogP contribution in [0.4, 0.5) is 0 Å². The smallest absolute Gasteiger partial charge is 0.243 e. The average Bonchev–Trinajstić information content (AvgIpc) is 3.26. The Morgan fingerprint density at radius 3 is 2.45 bits per heavy atom. The average molecular weight is 299 g/mol. The summed E-state index contributed by atoms with van der Waals surface area (Å²) >= 11 is 0. The lowest BCUT2D eigenvalue weighted by molar-refractivity contribution is 0.201. The number of rotatable bonds is 8. The molecule has 0 unspecified atom stereocenters. The molecular formula is C14H21NO4S. The monoisotopic (exact) mass is 299 g/mol. The van der Waals surface area contributed by atoms with E-state index in [-0.39, 0.29) is 18.1 Å². The minimum atomic E-state index is -3.42. The number of nitrogens with zero attached hydrogens (tertiary/aromatic N) is 1. The molecule has 0 bridgehead atoms. The molecular weight excluding hydrogens is 278 g/mol. The molecule has 1 aromatic carbocycles. The molecule has 0 spiro atoms. The first kappa shape index (κ1) is 15.3. The molecule has 0 atom stereocenters. The highest BCUT2D eigenvalue weighted by molar-refractivity contribution is 7.89. The number of sulfonamides is 1. The minimum Gasteiger partial charge on any atom is -0.491 e. The van der Waals surface area contributed by atoms with Crippen LogP contribution in [0.3, 0.4) is 0 Å². The van der Waals surface area contributed by atoms with E-state index in [1.54, 1.807) is 24.3 Å². The lowest BCUT2D eigenvalue weighted by atomic mass is 10.3. The highest BCUT2D eigenvalue weighted by Gasteiger charge is 2.30. The van der Waals surface area contributed by atoms with Crippen molar-refractivity contribution in [2.75, 3.05) is 26.3 Å². The number of hydrogen-bond acceptors (Lipinski definition) is 4. The van der Waals surface area contributed by atoms with Crippen molar-refractivity contribution in [3.05, 3.63) is 24.3 Å². The van der Waals surface area contributed by atoms with Crippen LogP contribution < -0.4 is 4.74 Å². The van der Waals surface area contributed by atoms with Crippen molar-refractivity contribution >= 4 is 10.0 Å². The van der Waals surface area contributed by atoms with Gasteiger partial charge in [-0.05, 0) is 43.0 Å². The summed E-state index contributed by atoms with van der Waals surface area (Å²) in [6, 6.07) is 6.34. The van der Waals surface area contributed by atoms with Gasteiger partial charge in [0.25, 0.3) is 0 Å². The molecule has 1 saturated carbocycles. The van der Waals surface area contributed by atoms with Crippen LogP contribution in [-0.4, -0.2) is 44.1 Å². The SMILES string of the molecule is CCN(CC1CC1)S(=O)(=O)c1ccc(OCCO)cc1. The van der Waals surface area contributed by atoms with E-state index in [1.165, 1.54) is 4.31 Å². The Morgan fingerprint density at radius 2 is 1.95 bits per heavy atom. The topological polar surface area (TPSA) is 66.8 Å².